The van der Waals surface area contributed by atoms with Crippen molar-refractivity contribution in [3.63, 3.8) is 0 Å². The topological polar surface area (TPSA) is 64.5 Å². The van der Waals surface area contributed by atoms with E-state index in [2.05, 4.69) is 20.1 Å². The van der Waals surface area contributed by atoms with Gasteiger partial charge in [0.2, 0.25) is 5.95 Å². The Hall–Kier alpha value is -2.81. The van der Waals surface area contributed by atoms with Gasteiger partial charge in [-0.15, -0.1) is 0 Å². The summed E-state index contributed by atoms with van der Waals surface area (Å²) in [6.45, 7) is 4.11. The molecule has 1 atom stereocenters. The highest BCUT2D eigenvalue weighted by atomic mass is 35.5. The third-order valence-corrected chi connectivity index (χ3v) is 7.70. The van der Waals surface area contributed by atoms with Crippen molar-refractivity contribution in [2.24, 2.45) is 5.92 Å². The Morgan fingerprint density at radius 3 is 2.54 bits per heavy atom. The van der Waals surface area contributed by atoms with Crippen molar-refractivity contribution >= 4 is 29.1 Å². The predicted octanol–water partition coefficient (Wildman–Crippen LogP) is 5.88. The van der Waals surface area contributed by atoms with E-state index in [1.54, 1.807) is 30.5 Å². The number of rotatable bonds is 7. The summed E-state index contributed by atoms with van der Waals surface area (Å²) >= 11 is 5.93. The van der Waals surface area contributed by atoms with Gasteiger partial charge in [0.15, 0.2) is 0 Å². The van der Waals surface area contributed by atoms with E-state index in [1.807, 2.05) is 0 Å². The lowest BCUT2D eigenvalue weighted by Crippen LogP contribution is -2.49. The molecule has 2 aromatic carbocycles. The molecule has 1 unspecified atom stereocenters. The van der Waals surface area contributed by atoms with Gasteiger partial charge in [-0.25, -0.2) is 13.8 Å². The smallest absolute Gasteiger partial charge is 0.227 e. The van der Waals surface area contributed by atoms with Gasteiger partial charge in [0, 0.05) is 49.1 Å². The second-order valence-electron chi connectivity index (χ2n) is 9.92. The van der Waals surface area contributed by atoms with Crippen molar-refractivity contribution in [2.45, 2.75) is 38.1 Å². The lowest BCUT2D eigenvalue weighted by molar-refractivity contribution is 0.0942. The Morgan fingerprint density at radius 2 is 1.81 bits per heavy atom. The summed E-state index contributed by atoms with van der Waals surface area (Å²) < 4.78 is 28.1. The minimum atomic E-state index is -0.487. The lowest BCUT2D eigenvalue weighted by atomic mass is 9.92. The number of benzene rings is 2. The molecule has 37 heavy (non-hydrogen) atoms. The number of hydrogen-bond donors (Lipinski definition) is 2. The Bertz CT molecular complexity index is 1200. The van der Waals surface area contributed by atoms with Crippen LogP contribution >= 0.6 is 11.6 Å². The van der Waals surface area contributed by atoms with Gasteiger partial charge < -0.3 is 15.3 Å². The van der Waals surface area contributed by atoms with Crippen molar-refractivity contribution in [3.8, 4) is 11.1 Å². The largest absolute Gasteiger partial charge is 0.396 e. The average Bonchev–Trinajstić information content (AvgIpc) is 2.91. The first kappa shape index (κ1) is 25.8. The van der Waals surface area contributed by atoms with Crippen LogP contribution in [0.1, 0.15) is 32.1 Å². The van der Waals surface area contributed by atoms with E-state index in [-0.39, 0.29) is 18.1 Å². The average molecular weight is 528 g/mol. The molecule has 9 heteroatoms. The van der Waals surface area contributed by atoms with Crippen LogP contribution in [0.2, 0.25) is 5.02 Å². The Balaban J connectivity index is 1.35. The van der Waals surface area contributed by atoms with Crippen molar-refractivity contribution in [3.05, 3.63) is 65.3 Å². The van der Waals surface area contributed by atoms with Gasteiger partial charge >= 0.3 is 0 Å². The highest BCUT2D eigenvalue weighted by Gasteiger charge is 2.29. The highest BCUT2D eigenvalue weighted by Crippen LogP contribution is 2.33. The van der Waals surface area contributed by atoms with Crippen LogP contribution in [-0.2, 0) is 0 Å². The summed E-state index contributed by atoms with van der Waals surface area (Å²) in [5.41, 5.74) is 1.63. The molecule has 2 saturated heterocycles. The molecule has 3 heterocycles. The van der Waals surface area contributed by atoms with E-state index < -0.39 is 5.82 Å². The van der Waals surface area contributed by atoms with Gasteiger partial charge in [0.1, 0.15) is 17.5 Å². The number of nitrogens with one attached hydrogen (secondary N) is 1. The molecule has 6 nitrogen and oxygen atoms in total. The first-order chi connectivity index (χ1) is 18.0. The number of piperidine rings is 2. The predicted molar refractivity (Wildman–Crippen MR) is 143 cm³/mol. The molecule has 5 rings (SSSR count). The molecule has 2 N–H and O–H groups in total. The second kappa shape index (κ2) is 11.7. The summed E-state index contributed by atoms with van der Waals surface area (Å²) in [7, 11) is 0. The molecular formula is C28H32ClF2N5O. The highest BCUT2D eigenvalue weighted by molar-refractivity contribution is 6.30. The van der Waals surface area contributed by atoms with Gasteiger partial charge in [-0.3, -0.25) is 4.90 Å². The standard InChI is InChI=1S/C28H32ClF2N5O/c29-21-5-8-26(25(31)16-21)33-27-24(20-3-6-22(30)7-4-20)17-32-28(34-27)35-13-9-23(10-14-35)36-12-1-2-19(18-36)11-15-37/h3-8,16-17,19,23,37H,1-2,9-15,18H2,(H,32,33,34). The zero-order chi connectivity index (χ0) is 25.8. The molecule has 2 aliphatic heterocycles. The van der Waals surface area contributed by atoms with E-state index in [1.165, 1.54) is 31.0 Å². The number of aromatic nitrogens is 2. The van der Waals surface area contributed by atoms with Crippen LogP contribution in [0, 0.1) is 17.6 Å². The van der Waals surface area contributed by atoms with Crippen molar-refractivity contribution in [1.29, 1.82) is 0 Å². The summed E-state index contributed by atoms with van der Waals surface area (Å²) in [6.07, 6.45) is 7.02. The third-order valence-electron chi connectivity index (χ3n) is 7.47. The molecule has 196 valence electrons. The quantitative estimate of drug-likeness (QED) is 0.400. The van der Waals surface area contributed by atoms with E-state index in [0.29, 0.717) is 34.3 Å². The van der Waals surface area contributed by atoms with Crippen molar-refractivity contribution in [2.75, 3.05) is 43.0 Å². The Morgan fingerprint density at radius 1 is 1.03 bits per heavy atom. The summed E-state index contributed by atoms with van der Waals surface area (Å²) in [4.78, 5) is 14.2. The molecule has 0 radical (unpaired) electrons. The maximum atomic E-state index is 14.6. The zero-order valence-electron chi connectivity index (χ0n) is 20.7. The monoisotopic (exact) mass is 527 g/mol. The number of aliphatic hydroxyl groups is 1. The number of nitrogens with zero attached hydrogens (tertiary/aromatic N) is 4. The fraction of sp³-hybridized carbons (Fsp3) is 0.429. The van der Waals surface area contributed by atoms with Crippen LogP contribution in [0.4, 0.5) is 26.2 Å². The molecule has 2 fully saturated rings. The number of halogens is 3. The molecule has 0 spiro atoms. The van der Waals surface area contributed by atoms with E-state index in [0.717, 1.165) is 51.0 Å². The fourth-order valence-electron chi connectivity index (χ4n) is 5.46. The third kappa shape index (κ3) is 6.20. The minimum absolute atomic E-state index is 0.249. The Labute approximate surface area is 221 Å². The molecular weight excluding hydrogens is 496 g/mol. The van der Waals surface area contributed by atoms with Gasteiger partial charge in [-0.1, -0.05) is 23.7 Å². The summed E-state index contributed by atoms with van der Waals surface area (Å²) in [5.74, 6) is 0.792. The second-order valence-corrected chi connectivity index (χ2v) is 10.4. The molecule has 1 aromatic heterocycles. The summed E-state index contributed by atoms with van der Waals surface area (Å²) in [6, 6.07) is 11.0. The van der Waals surface area contributed by atoms with Crippen LogP contribution in [0.3, 0.4) is 0 Å². The first-order valence-corrected chi connectivity index (χ1v) is 13.3. The molecule has 3 aromatic rings. The van der Waals surface area contributed by atoms with Crippen LogP contribution < -0.4 is 10.2 Å². The van der Waals surface area contributed by atoms with Crippen LogP contribution in [-0.4, -0.2) is 58.8 Å². The molecule has 0 saturated carbocycles. The van der Waals surface area contributed by atoms with E-state index in [4.69, 9.17) is 16.6 Å². The SMILES string of the molecule is OCCC1CCCN(C2CCN(c3ncc(-c4ccc(F)cc4)c(Nc4ccc(Cl)cc4F)n3)CC2)C1. The Kier molecular flexibility index (Phi) is 8.17. The van der Waals surface area contributed by atoms with E-state index >= 15 is 0 Å². The number of anilines is 3. The molecule has 0 amide bonds. The van der Waals surface area contributed by atoms with Crippen LogP contribution in [0.15, 0.2) is 48.7 Å². The normalized spacial score (nSPS) is 19.2. The van der Waals surface area contributed by atoms with E-state index in [9.17, 15) is 13.9 Å². The minimum Gasteiger partial charge on any atom is -0.396 e. The number of likely N-dealkylation sites (tertiary alicyclic amines) is 1. The van der Waals surface area contributed by atoms with Crippen LogP contribution in [0.5, 0.6) is 0 Å². The lowest BCUT2D eigenvalue weighted by Gasteiger charge is -2.42. The maximum Gasteiger partial charge on any atom is 0.227 e. The zero-order valence-corrected chi connectivity index (χ0v) is 21.5. The first-order valence-electron chi connectivity index (χ1n) is 12.9. The van der Waals surface area contributed by atoms with Crippen molar-refractivity contribution < 1.29 is 13.9 Å². The van der Waals surface area contributed by atoms with Gasteiger partial charge in [0.05, 0.1) is 5.69 Å². The molecule has 2 aliphatic rings. The van der Waals surface area contributed by atoms with Crippen molar-refractivity contribution in [1.82, 2.24) is 14.9 Å². The maximum absolute atomic E-state index is 14.6. The van der Waals surface area contributed by atoms with Gasteiger partial charge in [-0.05, 0) is 80.5 Å². The van der Waals surface area contributed by atoms with Gasteiger partial charge in [-0.2, -0.15) is 4.98 Å². The van der Waals surface area contributed by atoms with Gasteiger partial charge in [0.25, 0.3) is 0 Å². The molecule has 0 aliphatic carbocycles. The van der Waals surface area contributed by atoms with Crippen LogP contribution in [0.25, 0.3) is 11.1 Å². The number of aliphatic hydroxyl groups excluding tert-OH is 1. The summed E-state index contributed by atoms with van der Waals surface area (Å²) in [5, 5.41) is 12.7. The fourth-order valence-corrected chi connectivity index (χ4v) is 5.62. The number of hydrogen-bond acceptors (Lipinski definition) is 6. The molecule has 0 bridgehead atoms.